The molecular formula is C18H21BrN2O4S. The van der Waals surface area contributed by atoms with E-state index in [0.29, 0.717) is 42.7 Å². The van der Waals surface area contributed by atoms with Gasteiger partial charge in [-0.15, -0.1) is 0 Å². The summed E-state index contributed by atoms with van der Waals surface area (Å²) in [4.78, 5) is 12.6. The van der Waals surface area contributed by atoms with E-state index in [-0.39, 0.29) is 16.7 Å². The van der Waals surface area contributed by atoms with Crippen LogP contribution < -0.4 is 5.32 Å². The Morgan fingerprint density at radius 3 is 2.65 bits per heavy atom. The van der Waals surface area contributed by atoms with Gasteiger partial charge in [-0.2, -0.15) is 4.31 Å². The number of carbonyl (C=O) groups is 1. The lowest BCUT2D eigenvalue weighted by atomic mass is 9.97. The number of sulfonamides is 1. The largest absolute Gasteiger partial charge is 0.467 e. The lowest BCUT2D eigenvalue weighted by molar-refractivity contribution is -0.126. The first kappa shape index (κ1) is 19.1. The van der Waals surface area contributed by atoms with Crippen molar-refractivity contribution in [1.29, 1.82) is 0 Å². The van der Waals surface area contributed by atoms with E-state index in [9.17, 15) is 13.2 Å². The average molecular weight is 441 g/mol. The van der Waals surface area contributed by atoms with E-state index in [4.69, 9.17) is 4.42 Å². The molecule has 6 nitrogen and oxygen atoms in total. The third-order valence-corrected chi connectivity index (χ3v) is 7.42. The third-order valence-electron chi connectivity index (χ3n) is 4.55. The van der Waals surface area contributed by atoms with Crippen molar-refractivity contribution in [3.05, 3.63) is 52.4 Å². The smallest absolute Gasteiger partial charge is 0.244 e. The van der Waals surface area contributed by atoms with Crippen LogP contribution in [0.2, 0.25) is 0 Å². The standard InChI is InChI=1S/C18H21BrN2O4S/c1-13-4-5-17(16(19)11-13)26(23,24)21-8-6-14(7-9-21)18(22)20-12-15-3-2-10-25-15/h2-5,10-11,14H,6-9,12H2,1H3,(H,20,22). The van der Waals surface area contributed by atoms with E-state index >= 15 is 0 Å². The molecule has 0 atom stereocenters. The SMILES string of the molecule is Cc1ccc(S(=O)(=O)N2CCC(C(=O)NCc3ccco3)CC2)c(Br)c1. The lowest BCUT2D eigenvalue weighted by Gasteiger charge is -2.30. The van der Waals surface area contributed by atoms with Gasteiger partial charge in [0.15, 0.2) is 0 Å². The number of carbonyl (C=O) groups excluding carboxylic acids is 1. The Hall–Kier alpha value is -1.64. The van der Waals surface area contributed by atoms with E-state index in [1.54, 1.807) is 36.6 Å². The molecule has 0 saturated carbocycles. The van der Waals surface area contributed by atoms with Crippen LogP contribution in [0.1, 0.15) is 24.2 Å². The van der Waals surface area contributed by atoms with Crippen molar-refractivity contribution in [2.45, 2.75) is 31.2 Å². The molecule has 8 heteroatoms. The molecule has 0 spiro atoms. The van der Waals surface area contributed by atoms with Gasteiger partial charge in [-0.05, 0) is 65.5 Å². The molecule has 140 valence electrons. The molecule has 0 radical (unpaired) electrons. The predicted molar refractivity (Wildman–Crippen MR) is 101 cm³/mol. The van der Waals surface area contributed by atoms with Gasteiger partial charge >= 0.3 is 0 Å². The molecule has 26 heavy (non-hydrogen) atoms. The monoisotopic (exact) mass is 440 g/mol. The Labute approximate surface area is 161 Å². The Morgan fingerprint density at radius 2 is 2.04 bits per heavy atom. The Kier molecular flexibility index (Phi) is 5.84. The highest BCUT2D eigenvalue weighted by Crippen LogP contribution is 2.29. The zero-order valence-electron chi connectivity index (χ0n) is 14.4. The maximum absolute atomic E-state index is 12.9. The molecule has 0 bridgehead atoms. The van der Waals surface area contributed by atoms with Gasteiger partial charge in [0, 0.05) is 23.5 Å². The summed E-state index contributed by atoms with van der Waals surface area (Å²) in [7, 11) is -3.57. The first-order chi connectivity index (χ1) is 12.4. The quantitative estimate of drug-likeness (QED) is 0.774. The molecule has 1 aromatic heterocycles. The molecule has 1 amide bonds. The highest BCUT2D eigenvalue weighted by molar-refractivity contribution is 9.10. The average Bonchev–Trinajstić information content (AvgIpc) is 3.13. The van der Waals surface area contributed by atoms with Crippen LogP contribution in [0, 0.1) is 12.8 Å². The van der Waals surface area contributed by atoms with E-state index in [1.165, 1.54) is 4.31 Å². The predicted octanol–water partition coefficient (Wildman–Crippen LogP) is 3.07. The molecule has 2 aromatic rings. The number of aryl methyl sites for hydroxylation is 1. The fraction of sp³-hybridized carbons (Fsp3) is 0.389. The molecule has 2 heterocycles. The van der Waals surface area contributed by atoms with Crippen LogP contribution in [0.3, 0.4) is 0 Å². The summed E-state index contributed by atoms with van der Waals surface area (Å²) in [5.41, 5.74) is 0.989. The highest BCUT2D eigenvalue weighted by Gasteiger charge is 2.33. The van der Waals surface area contributed by atoms with Gasteiger partial charge in [0.25, 0.3) is 0 Å². The minimum absolute atomic E-state index is 0.0602. The molecule has 0 aliphatic carbocycles. The van der Waals surface area contributed by atoms with Gasteiger partial charge in [0.1, 0.15) is 5.76 Å². The number of nitrogens with zero attached hydrogens (tertiary/aromatic N) is 1. The Balaban J connectivity index is 1.59. The number of hydrogen-bond acceptors (Lipinski definition) is 4. The van der Waals surface area contributed by atoms with Gasteiger partial charge in [-0.1, -0.05) is 6.07 Å². The lowest BCUT2D eigenvalue weighted by Crippen LogP contribution is -2.42. The number of hydrogen-bond donors (Lipinski definition) is 1. The fourth-order valence-electron chi connectivity index (χ4n) is 3.04. The van der Waals surface area contributed by atoms with Gasteiger partial charge in [0.05, 0.1) is 17.7 Å². The molecule has 1 aliphatic heterocycles. The van der Waals surface area contributed by atoms with Crippen molar-refractivity contribution in [3.63, 3.8) is 0 Å². The first-order valence-electron chi connectivity index (χ1n) is 8.44. The van der Waals surface area contributed by atoms with Crippen LogP contribution in [-0.2, 0) is 21.4 Å². The summed E-state index contributed by atoms with van der Waals surface area (Å²) in [6.07, 6.45) is 2.58. The molecule has 1 saturated heterocycles. The van der Waals surface area contributed by atoms with Crippen LogP contribution in [0.4, 0.5) is 0 Å². The zero-order chi connectivity index (χ0) is 18.7. The van der Waals surface area contributed by atoms with Crippen molar-refractivity contribution in [3.8, 4) is 0 Å². The number of benzene rings is 1. The first-order valence-corrected chi connectivity index (χ1v) is 10.7. The zero-order valence-corrected chi connectivity index (χ0v) is 16.8. The molecule has 1 aliphatic rings. The Bertz CT molecular complexity index is 873. The fourth-order valence-corrected chi connectivity index (χ4v) is 5.67. The van der Waals surface area contributed by atoms with Crippen molar-refractivity contribution in [1.82, 2.24) is 9.62 Å². The van der Waals surface area contributed by atoms with Crippen LogP contribution in [-0.4, -0.2) is 31.7 Å². The van der Waals surface area contributed by atoms with Gasteiger partial charge in [-0.25, -0.2) is 8.42 Å². The van der Waals surface area contributed by atoms with Gasteiger partial charge in [-0.3, -0.25) is 4.79 Å². The number of nitrogens with one attached hydrogen (secondary N) is 1. The third kappa shape index (κ3) is 4.19. The summed E-state index contributed by atoms with van der Waals surface area (Å²) in [5.74, 6) is 0.454. The van der Waals surface area contributed by atoms with Crippen LogP contribution in [0.5, 0.6) is 0 Å². The highest BCUT2D eigenvalue weighted by atomic mass is 79.9. The maximum atomic E-state index is 12.9. The number of amides is 1. The van der Waals surface area contributed by atoms with E-state index in [1.807, 2.05) is 6.92 Å². The molecule has 1 fully saturated rings. The maximum Gasteiger partial charge on any atom is 0.244 e. The van der Waals surface area contributed by atoms with Gasteiger partial charge < -0.3 is 9.73 Å². The summed E-state index contributed by atoms with van der Waals surface area (Å²) in [5, 5.41) is 2.85. The summed E-state index contributed by atoms with van der Waals surface area (Å²) in [6.45, 7) is 2.93. The van der Waals surface area contributed by atoms with E-state index < -0.39 is 10.0 Å². The number of halogens is 1. The van der Waals surface area contributed by atoms with Crippen molar-refractivity contribution in [2.24, 2.45) is 5.92 Å². The number of piperidine rings is 1. The second-order valence-corrected chi connectivity index (χ2v) is 9.17. The van der Waals surface area contributed by atoms with Crippen molar-refractivity contribution < 1.29 is 17.6 Å². The number of furan rings is 1. The summed E-state index contributed by atoms with van der Waals surface area (Å²) in [6, 6.07) is 8.77. The minimum atomic E-state index is -3.57. The molecule has 1 N–H and O–H groups in total. The molecule has 1 aromatic carbocycles. The molecule has 0 unspecified atom stereocenters. The van der Waals surface area contributed by atoms with Crippen LogP contribution >= 0.6 is 15.9 Å². The number of rotatable bonds is 5. The summed E-state index contributed by atoms with van der Waals surface area (Å²) < 4.78 is 32.9. The van der Waals surface area contributed by atoms with E-state index in [2.05, 4.69) is 21.2 Å². The normalized spacial score (nSPS) is 16.5. The van der Waals surface area contributed by atoms with Crippen molar-refractivity contribution in [2.75, 3.05) is 13.1 Å². The molecule has 3 rings (SSSR count). The van der Waals surface area contributed by atoms with E-state index in [0.717, 1.165) is 5.56 Å². The van der Waals surface area contributed by atoms with Crippen molar-refractivity contribution >= 4 is 31.9 Å². The Morgan fingerprint density at radius 1 is 1.31 bits per heavy atom. The van der Waals surface area contributed by atoms with Crippen LogP contribution in [0.25, 0.3) is 0 Å². The minimum Gasteiger partial charge on any atom is -0.467 e. The summed E-state index contributed by atoms with van der Waals surface area (Å²) >= 11 is 3.35. The second kappa shape index (κ2) is 7.94. The van der Waals surface area contributed by atoms with Gasteiger partial charge in [0.2, 0.25) is 15.9 Å². The second-order valence-electron chi connectivity index (χ2n) is 6.41. The topological polar surface area (TPSA) is 79.6 Å². The molecular weight excluding hydrogens is 420 g/mol. The van der Waals surface area contributed by atoms with Crippen LogP contribution in [0.15, 0.2) is 50.4 Å².